The van der Waals surface area contributed by atoms with Gasteiger partial charge in [0.1, 0.15) is 5.82 Å². The molecule has 1 saturated carbocycles. The molecule has 0 amide bonds. The lowest BCUT2D eigenvalue weighted by Crippen LogP contribution is -2.16. The molecular weight excluding hydrogens is 498 g/mol. The highest BCUT2D eigenvalue weighted by molar-refractivity contribution is 5.80. The van der Waals surface area contributed by atoms with Crippen molar-refractivity contribution in [3.63, 3.8) is 0 Å². The van der Waals surface area contributed by atoms with Crippen molar-refractivity contribution in [1.82, 2.24) is 9.55 Å². The Hall–Kier alpha value is -3.88. The summed E-state index contributed by atoms with van der Waals surface area (Å²) in [6, 6.07) is 15.9. The monoisotopic (exact) mass is 527 g/mol. The lowest BCUT2D eigenvalue weighted by atomic mass is 9.90. The number of carboxylic acids is 1. The molecule has 0 bridgehead atoms. The van der Waals surface area contributed by atoms with Crippen LogP contribution in [0.1, 0.15) is 43.2 Å². The molecule has 1 fully saturated rings. The number of aryl methyl sites for hydroxylation is 2. The van der Waals surface area contributed by atoms with Gasteiger partial charge in [-0.15, -0.1) is 0 Å². The van der Waals surface area contributed by atoms with Gasteiger partial charge in [0.05, 0.1) is 28.2 Å². The first-order valence-corrected chi connectivity index (χ1v) is 12.4. The van der Waals surface area contributed by atoms with Crippen molar-refractivity contribution in [3.8, 4) is 11.1 Å². The van der Waals surface area contributed by atoms with Crippen LogP contribution in [-0.4, -0.2) is 20.6 Å². The summed E-state index contributed by atoms with van der Waals surface area (Å²) in [5.74, 6) is -0.860. The first-order valence-electron chi connectivity index (χ1n) is 12.4. The average Bonchev–Trinajstić information content (AvgIpc) is 3.20. The van der Waals surface area contributed by atoms with Crippen LogP contribution in [0.5, 0.6) is 0 Å². The molecule has 0 saturated heterocycles. The van der Waals surface area contributed by atoms with E-state index >= 15 is 0 Å². The molecule has 1 aliphatic carbocycles. The number of anilines is 2. The number of aliphatic carboxylic acids is 1. The first kappa shape index (κ1) is 27.2. The van der Waals surface area contributed by atoms with Gasteiger partial charge in [-0.05, 0) is 61.2 Å². The van der Waals surface area contributed by atoms with Crippen LogP contribution in [0.4, 0.5) is 29.2 Å². The number of nitrogens with one attached hydrogen (secondary N) is 1. The van der Waals surface area contributed by atoms with Crippen molar-refractivity contribution in [2.75, 3.05) is 5.32 Å². The molecule has 3 aromatic carbocycles. The van der Waals surface area contributed by atoms with Crippen LogP contribution in [0.25, 0.3) is 22.2 Å². The molecule has 1 aliphatic rings. The third-order valence-electron chi connectivity index (χ3n) is 6.76. The molecule has 38 heavy (non-hydrogen) atoms. The molecule has 1 heterocycles. The number of halogens is 4. The Bertz CT molecular complexity index is 1420. The maximum absolute atomic E-state index is 14.7. The summed E-state index contributed by atoms with van der Waals surface area (Å²) in [6.07, 6.45) is 0.791. The highest BCUT2D eigenvalue weighted by Crippen LogP contribution is 2.33. The Morgan fingerprint density at radius 2 is 1.63 bits per heavy atom. The number of carboxylic acid groups (broad SMARTS) is 1. The Balaban J connectivity index is 0.000000317. The fourth-order valence-electron chi connectivity index (χ4n) is 4.50. The lowest BCUT2D eigenvalue weighted by molar-refractivity contribution is -0.142. The number of benzene rings is 3. The third kappa shape index (κ3) is 6.33. The Labute approximate surface area is 218 Å². The SMILES string of the molecule is Cc1ccc(-c2ccc(Nc3nc4cc(C(F)(F)F)ccc4n3C)c(F)c2)cc1.O=C(O)C1CCCCC1. The second-order valence-corrected chi connectivity index (χ2v) is 9.55. The molecule has 0 unspecified atom stereocenters. The Kier molecular flexibility index (Phi) is 8.04. The summed E-state index contributed by atoms with van der Waals surface area (Å²) in [5, 5.41) is 11.4. The fourth-order valence-corrected chi connectivity index (χ4v) is 4.50. The number of rotatable bonds is 4. The molecule has 0 radical (unpaired) electrons. The van der Waals surface area contributed by atoms with Crippen LogP contribution < -0.4 is 5.32 Å². The van der Waals surface area contributed by atoms with Gasteiger partial charge in [0, 0.05) is 7.05 Å². The van der Waals surface area contributed by atoms with Gasteiger partial charge in [-0.25, -0.2) is 9.37 Å². The fraction of sp³-hybridized carbons (Fsp3) is 0.310. The van der Waals surface area contributed by atoms with Gasteiger partial charge in [-0.3, -0.25) is 4.79 Å². The zero-order valence-corrected chi connectivity index (χ0v) is 21.1. The van der Waals surface area contributed by atoms with Crippen molar-refractivity contribution in [1.29, 1.82) is 0 Å². The number of carbonyl (C=O) groups is 1. The van der Waals surface area contributed by atoms with Crippen LogP contribution in [0, 0.1) is 18.7 Å². The zero-order chi connectivity index (χ0) is 27.4. The van der Waals surface area contributed by atoms with Gasteiger partial charge in [0.2, 0.25) is 5.95 Å². The number of alkyl halides is 3. The van der Waals surface area contributed by atoms with E-state index in [2.05, 4.69) is 10.3 Å². The van der Waals surface area contributed by atoms with Crippen LogP contribution >= 0.6 is 0 Å². The Morgan fingerprint density at radius 1 is 0.974 bits per heavy atom. The van der Waals surface area contributed by atoms with E-state index in [9.17, 15) is 22.4 Å². The molecule has 1 aromatic heterocycles. The predicted octanol–water partition coefficient (Wildman–Crippen LogP) is 8.10. The van der Waals surface area contributed by atoms with E-state index in [4.69, 9.17) is 5.11 Å². The number of fused-ring (bicyclic) bond motifs is 1. The maximum Gasteiger partial charge on any atom is 0.416 e. The molecule has 2 N–H and O–H groups in total. The number of hydrogen-bond donors (Lipinski definition) is 2. The second-order valence-electron chi connectivity index (χ2n) is 9.55. The van der Waals surface area contributed by atoms with E-state index in [1.54, 1.807) is 23.7 Å². The minimum Gasteiger partial charge on any atom is -0.481 e. The van der Waals surface area contributed by atoms with E-state index in [1.807, 2.05) is 31.2 Å². The molecule has 4 aromatic rings. The van der Waals surface area contributed by atoms with Crippen molar-refractivity contribution < 1.29 is 27.5 Å². The molecule has 0 aliphatic heterocycles. The largest absolute Gasteiger partial charge is 0.481 e. The van der Waals surface area contributed by atoms with Gasteiger partial charge in [-0.1, -0.05) is 55.2 Å². The van der Waals surface area contributed by atoms with Crippen molar-refractivity contribution >= 4 is 28.6 Å². The van der Waals surface area contributed by atoms with Gasteiger partial charge in [0.25, 0.3) is 0 Å². The van der Waals surface area contributed by atoms with E-state index in [1.165, 1.54) is 18.6 Å². The number of aromatic nitrogens is 2. The molecule has 200 valence electrons. The topological polar surface area (TPSA) is 67.2 Å². The van der Waals surface area contributed by atoms with Crippen molar-refractivity contribution in [3.05, 3.63) is 77.6 Å². The lowest BCUT2D eigenvalue weighted by Gasteiger charge is -2.16. The minimum absolute atomic E-state index is 0.0289. The summed E-state index contributed by atoms with van der Waals surface area (Å²) < 4.78 is 55.0. The van der Waals surface area contributed by atoms with E-state index in [-0.39, 0.29) is 23.1 Å². The van der Waals surface area contributed by atoms with Gasteiger partial charge >= 0.3 is 12.1 Å². The molecule has 0 spiro atoms. The predicted molar refractivity (Wildman–Crippen MR) is 140 cm³/mol. The molecule has 0 atom stereocenters. The van der Waals surface area contributed by atoms with Gasteiger partial charge in [0.15, 0.2) is 0 Å². The molecular formula is C29H29F4N3O2. The highest BCUT2D eigenvalue weighted by atomic mass is 19.4. The number of hydrogen-bond acceptors (Lipinski definition) is 3. The summed E-state index contributed by atoms with van der Waals surface area (Å²) in [7, 11) is 1.66. The standard InChI is InChI=1S/C22H17F4N3.C7H12O2/c1-13-3-5-14(6-4-13)15-7-9-18(17(23)11-15)27-21-28-19-12-16(22(24,25)26)8-10-20(19)29(21)2;8-7(9)6-4-2-1-3-5-6/h3-12H,1-2H3,(H,27,28);6H,1-5H2,(H,8,9). The summed E-state index contributed by atoms with van der Waals surface area (Å²) in [5.41, 5.74) is 2.84. The van der Waals surface area contributed by atoms with Gasteiger partial charge in [-0.2, -0.15) is 13.2 Å². The van der Waals surface area contributed by atoms with Gasteiger partial charge < -0.3 is 15.0 Å². The third-order valence-corrected chi connectivity index (χ3v) is 6.76. The van der Waals surface area contributed by atoms with Crippen LogP contribution in [-0.2, 0) is 18.0 Å². The summed E-state index contributed by atoms with van der Waals surface area (Å²) >= 11 is 0. The van der Waals surface area contributed by atoms with Crippen molar-refractivity contribution in [2.24, 2.45) is 13.0 Å². The Morgan fingerprint density at radius 3 is 2.21 bits per heavy atom. The maximum atomic E-state index is 14.7. The van der Waals surface area contributed by atoms with E-state index in [0.717, 1.165) is 54.5 Å². The van der Waals surface area contributed by atoms with E-state index < -0.39 is 23.5 Å². The smallest absolute Gasteiger partial charge is 0.416 e. The first-order chi connectivity index (χ1) is 18.0. The van der Waals surface area contributed by atoms with E-state index in [0.29, 0.717) is 5.52 Å². The number of nitrogens with zero attached hydrogens (tertiary/aromatic N) is 2. The van der Waals surface area contributed by atoms with Crippen LogP contribution in [0.15, 0.2) is 60.7 Å². The highest BCUT2D eigenvalue weighted by Gasteiger charge is 2.31. The average molecular weight is 528 g/mol. The summed E-state index contributed by atoms with van der Waals surface area (Å²) in [4.78, 5) is 14.6. The molecule has 5 rings (SSSR count). The second kappa shape index (κ2) is 11.2. The molecule has 5 nitrogen and oxygen atoms in total. The molecule has 9 heteroatoms. The number of imidazole rings is 1. The van der Waals surface area contributed by atoms with Crippen LogP contribution in [0.3, 0.4) is 0 Å². The normalized spacial score (nSPS) is 14.2. The zero-order valence-electron chi connectivity index (χ0n) is 21.1. The minimum atomic E-state index is -4.45. The van der Waals surface area contributed by atoms with Crippen molar-refractivity contribution in [2.45, 2.75) is 45.2 Å². The van der Waals surface area contributed by atoms with Crippen LogP contribution in [0.2, 0.25) is 0 Å². The quantitative estimate of drug-likeness (QED) is 0.263. The summed E-state index contributed by atoms with van der Waals surface area (Å²) in [6.45, 7) is 1.98.